The van der Waals surface area contributed by atoms with Gasteiger partial charge in [0.15, 0.2) is 11.5 Å². The summed E-state index contributed by atoms with van der Waals surface area (Å²) in [4.78, 5) is 16.9. The third-order valence-corrected chi connectivity index (χ3v) is 4.83. The molecule has 8 heteroatoms. The van der Waals surface area contributed by atoms with Crippen molar-refractivity contribution in [3.05, 3.63) is 87.3 Å². The molecule has 0 aliphatic rings. The van der Waals surface area contributed by atoms with Crippen LogP contribution < -0.4 is 32.9 Å². The molecule has 1 heterocycles. The average molecular weight is 445 g/mol. The van der Waals surface area contributed by atoms with Crippen molar-refractivity contribution >= 4 is 28.3 Å². The molecule has 0 aliphatic heterocycles. The fourth-order valence-corrected chi connectivity index (χ4v) is 3.23. The van der Waals surface area contributed by atoms with Gasteiger partial charge in [-0.05, 0) is 42.0 Å². The summed E-state index contributed by atoms with van der Waals surface area (Å²) in [6.07, 6.45) is 0. The van der Waals surface area contributed by atoms with Crippen LogP contribution in [0.1, 0.15) is 11.1 Å². The van der Waals surface area contributed by atoms with Gasteiger partial charge < -0.3 is 37.2 Å². The van der Waals surface area contributed by atoms with Crippen LogP contribution in [0.2, 0.25) is 5.02 Å². The van der Waals surface area contributed by atoms with Crippen molar-refractivity contribution in [2.75, 3.05) is 12.4 Å². The summed E-state index contributed by atoms with van der Waals surface area (Å²) in [5.41, 5.74) is 4.17. The molecule has 0 amide bonds. The summed E-state index contributed by atoms with van der Waals surface area (Å²) in [5, 5.41) is 4.06. The number of H-pyrrole nitrogens is 2. The van der Waals surface area contributed by atoms with E-state index in [2.05, 4.69) is 15.3 Å². The second-order valence-corrected chi connectivity index (χ2v) is 6.99. The number of nitrogens with one attached hydrogen (secondary N) is 3. The number of fused-ring (bicyclic) bond motifs is 1. The van der Waals surface area contributed by atoms with Gasteiger partial charge >= 0.3 is 5.69 Å². The van der Waals surface area contributed by atoms with Gasteiger partial charge in [-0.15, -0.1) is 0 Å². The Morgan fingerprint density at radius 3 is 2.53 bits per heavy atom. The van der Waals surface area contributed by atoms with Crippen molar-refractivity contribution in [3.8, 4) is 11.5 Å². The number of halogens is 2. The van der Waals surface area contributed by atoms with Crippen LogP contribution >= 0.6 is 11.6 Å². The van der Waals surface area contributed by atoms with E-state index in [0.29, 0.717) is 29.7 Å². The van der Waals surface area contributed by atoms with Gasteiger partial charge in [0.2, 0.25) is 0 Å². The molecule has 0 saturated heterocycles. The Hall–Kier alpha value is -3.09. The van der Waals surface area contributed by atoms with E-state index < -0.39 is 0 Å². The molecule has 4 aromatic rings. The zero-order valence-electron chi connectivity index (χ0n) is 16.2. The van der Waals surface area contributed by atoms with Crippen molar-refractivity contribution in [1.29, 1.82) is 0 Å². The smallest absolute Gasteiger partial charge is 0.323 e. The van der Waals surface area contributed by atoms with E-state index in [0.717, 1.165) is 27.8 Å². The lowest BCUT2D eigenvalue weighted by atomic mass is 10.1. The molecule has 0 aliphatic carbocycles. The van der Waals surface area contributed by atoms with Gasteiger partial charge in [0.05, 0.1) is 18.1 Å². The number of hydrogen-bond donors (Lipinski definition) is 3. The number of para-hydroxylation sites is 1. The van der Waals surface area contributed by atoms with Crippen molar-refractivity contribution in [2.45, 2.75) is 13.2 Å². The molecule has 6 nitrogen and oxygen atoms in total. The Morgan fingerprint density at radius 1 is 1.00 bits per heavy atom. The fraction of sp³-hybridized carbons (Fsp3) is 0.136. The Labute approximate surface area is 184 Å². The number of rotatable bonds is 7. The molecule has 30 heavy (non-hydrogen) atoms. The largest absolute Gasteiger partial charge is 1.00 e. The molecule has 0 unspecified atom stereocenters. The van der Waals surface area contributed by atoms with E-state index in [1.54, 1.807) is 7.11 Å². The lowest BCUT2D eigenvalue weighted by Gasteiger charge is -2.16. The Bertz CT molecular complexity index is 1190. The molecule has 3 aromatic carbocycles. The zero-order valence-corrected chi connectivity index (χ0v) is 17.7. The summed E-state index contributed by atoms with van der Waals surface area (Å²) >= 11 is 5.95. The first-order valence-corrected chi connectivity index (χ1v) is 9.49. The maximum absolute atomic E-state index is 11.4. The molecule has 0 spiro atoms. The minimum Gasteiger partial charge on any atom is -1.00 e. The van der Waals surface area contributed by atoms with Gasteiger partial charge in [0, 0.05) is 22.8 Å². The molecule has 0 saturated carbocycles. The number of anilines is 1. The van der Waals surface area contributed by atoms with E-state index >= 15 is 0 Å². The topological polar surface area (TPSA) is 79.1 Å². The monoisotopic (exact) mass is 444 g/mol. The van der Waals surface area contributed by atoms with E-state index in [9.17, 15) is 4.79 Å². The predicted octanol–water partition coefficient (Wildman–Crippen LogP) is 1.71. The lowest BCUT2D eigenvalue weighted by molar-refractivity contribution is -0.00000640. The van der Waals surface area contributed by atoms with Gasteiger partial charge in [-0.2, -0.15) is 0 Å². The highest BCUT2D eigenvalue weighted by Gasteiger charge is 2.11. The number of methoxy groups -OCH3 is 1. The number of aromatic amines is 2. The zero-order chi connectivity index (χ0) is 20.2. The van der Waals surface area contributed by atoms with Crippen LogP contribution in [-0.2, 0) is 13.2 Å². The summed E-state index contributed by atoms with van der Waals surface area (Å²) < 4.78 is 11.6. The second kappa shape index (κ2) is 9.61. The summed E-state index contributed by atoms with van der Waals surface area (Å²) in [7, 11) is 1.62. The van der Waals surface area contributed by atoms with Crippen LogP contribution in [0.3, 0.4) is 0 Å². The molecule has 0 fully saturated rings. The van der Waals surface area contributed by atoms with Crippen LogP contribution in [0, 0.1) is 0 Å². The normalized spacial score (nSPS) is 10.5. The standard InChI is InChI=1S/C22H20ClN3O3.ClH/c1-28-20-4-2-3-15(21(20)29-13-14-5-7-16(23)8-6-14)12-24-17-9-10-18-19(11-17)26-22(27)25-18;/h2-11,24H,12-13H2,1H3,(H2,25,26,27);1H/p-1. The molecule has 1 aromatic heterocycles. The highest BCUT2D eigenvalue weighted by molar-refractivity contribution is 6.30. The van der Waals surface area contributed by atoms with Gasteiger partial charge in [0.25, 0.3) is 0 Å². The highest BCUT2D eigenvalue weighted by Crippen LogP contribution is 2.32. The van der Waals surface area contributed by atoms with Gasteiger partial charge in [-0.3, -0.25) is 0 Å². The molecule has 0 atom stereocenters. The van der Waals surface area contributed by atoms with Crippen LogP contribution in [0.25, 0.3) is 11.0 Å². The highest BCUT2D eigenvalue weighted by atomic mass is 35.5. The van der Waals surface area contributed by atoms with Crippen LogP contribution in [-0.4, -0.2) is 17.1 Å². The third kappa shape index (κ3) is 4.90. The molecular formula is C22H20Cl2N3O3-. The number of aromatic nitrogens is 2. The van der Waals surface area contributed by atoms with Gasteiger partial charge in [-0.1, -0.05) is 35.9 Å². The number of benzene rings is 3. The summed E-state index contributed by atoms with van der Waals surface area (Å²) in [5.74, 6) is 1.36. The average Bonchev–Trinajstić information content (AvgIpc) is 3.11. The first-order chi connectivity index (χ1) is 14.1. The van der Waals surface area contributed by atoms with E-state index in [4.69, 9.17) is 21.1 Å². The van der Waals surface area contributed by atoms with Crippen LogP contribution in [0.4, 0.5) is 5.69 Å². The van der Waals surface area contributed by atoms with Crippen molar-refractivity contribution in [2.24, 2.45) is 0 Å². The summed E-state index contributed by atoms with van der Waals surface area (Å²) in [6, 6.07) is 19.0. The molecule has 0 radical (unpaired) electrons. The maximum Gasteiger partial charge on any atom is 0.323 e. The molecule has 3 N–H and O–H groups in total. The van der Waals surface area contributed by atoms with Crippen molar-refractivity contribution in [3.63, 3.8) is 0 Å². The van der Waals surface area contributed by atoms with Crippen LogP contribution in [0.5, 0.6) is 11.5 Å². The minimum absolute atomic E-state index is 0. The maximum atomic E-state index is 11.4. The Kier molecular flexibility index (Phi) is 6.92. The number of hydrogen-bond acceptors (Lipinski definition) is 4. The lowest BCUT2D eigenvalue weighted by Crippen LogP contribution is -3.00. The fourth-order valence-electron chi connectivity index (χ4n) is 3.10. The SMILES string of the molecule is COc1cccc(CNc2ccc3[nH]c(=O)[nH]c3c2)c1OCc1ccc(Cl)cc1.[Cl-]. The molecule has 156 valence electrons. The minimum atomic E-state index is -0.220. The molecular weight excluding hydrogens is 425 g/mol. The Morgan fingerprint density at radius 2 is 1.77 bits per heavy atom. The van der Waals surface area contributed by atoms with E-state index in [-0.39, 0.29) is 18.1 Å². The molecule has 4 rings (SSSR count). The quantitative estimate of drug-likeness (QED) is 0.405. The second-order valence-electron chi connectivity index (χ2n) is 6.56. The van der Waals surface area contributed by atoms with E-state index in [1.807, 2.05) is 60.7 Å². The number of ether oxygens (including phenoxy) is 2. The Balaban J connectivity index is 0.00000256. The van der Waals surface area contributed by atoms with Gasteiger partial charge in [0.1, 0.15) is 6.61 Å². The predicted molar refractivity (Wildman–Crippen MR) is 115 cm³/mol. The first kappa shape index (κ1) is 21.6. The van der Waals surface area contributed by atoms with Crippen molar-refractivity contribution < 1.29 is 21.9 Å². The van der Waals surface area contributed by atoms with Crippen molar-refractivity contribution in [1.82, 2.24) is 9.97 Å². The number of imidazole rings is 1. The first-order valence-electron chi connectivity index (χ1n) is 9.11. The van der Waals surface area contributed by atoms with E-state index in [1.165, 1.54) is 0 Å². The van der Waals surface area contributed by atoms with Gasteiger partial charge in [-0.25, -0.2) is 4.79 Å². The summed E-state index contributed by atoms with van der Waals surface area (Å²) in [6.45, 7) is 0.939. The molecule has 0 bridgehead atoms. The van der Waals surface area contributed by atoms with Crippen LogP contribution in [0.15, 0.2) is 65.5 Å². The third-order valence-electron chi connectivity index (χ3n) is 4.58.